The van der Waals surface area contributed by atoms with E-state index in [1.54, 1.807) is 11.8 Å². The largest absolute Gasteiger partial charge is 0.452 e. The molecular formula is C16H19FN2O4S. The van der Waals surface area contributed by atoms with E-state index in [1.165, 1.54) is 36.0 Å². The molecule has 1 saturated heterocycles. The summed E-state index contributed by atoms with van der Waals surface area (Å²) in [4.78, 5) is 37.0. The third-order valence-electron chi connectivity index (χ3n) is 3.48. The van der Waals surface area contributed by atoms with Gasteiger partial charge < -0.3 is 15.0 Å². The first-order valence-corrected chi connectivity index (χ1v) is 8.65. The molecule has 1 aliphatic rings. The van der Waals surface area contributed by atoms with Crippen LogP contribution in [0.15, 0.2) is 24.3 Å². The molecule has 1 fully saturated rings. The molecule has 2 rings (SSSR count). The molecule has 0 aliphatic carbocycles. The van der Waals surface area contributed by atoms with Crippen LogP contribution in [0.2, 0.25) is 0 Å². The first-order valence-electron chi connectivity index (χ1n) is 7.67. The van der Waals surface area contributed by atoms with Gasteiger partial charge in [-0.05, 0) is 30.7 Å². The zero-order chi connectivity index (χ0) is 17.5. The van der Waals surface area contributed by atoms with Crippen LogP contribution in [-0.4, -0.2) is 47.0 Å². The number of hydrogen-bond donors (Lipinski definition) is 1. The average Bonchev–Trinajstić information content (AvgIpc) is 2.97. The monoisotopic (exact) mass is 354 g/mol. The van der Waals surface area contributed by atoms with Crippen LogP contribution in [0.4, 0.5) is 14.9 Å². The predicted molar refractivity (Wildman–Crippen MR) is 89.2 cm³/mol. The molecule has 24 heavy (non-hydrogen) atoms. The Hall–Kier alpha value is -2.09. The minimum atomic E-state index is -0.925. The number of hydrogen-bond acceptors (Lipinski definition) is 5. The molecular weight excluding hydrogens is 335 g/mol. The van der Waals surface area contributed by atoms with Gasteiger partial charge in [-0.3, -0.25) is 14.4 Å². The number of nitrogens with zero attached hydrogens (tertiary/aromatic N) is 1. The summed E-state index contributed by atoms with van der Waals surface area (Å²) in [5, 5.41) is 2.54. The van der Waals surface area contributed by atoms with Crippen molar-refractivity contribution in [3.8, 4) is 0 Å². The van der Waals surface area contributed by atoms with Gasteiger partial charge in [-0.15, -0.1) is 0 Å². The summed E-state index contributed by atoms with van der Waals surface area (Å²) in [7, 11) is 0. The molecule has 130 valence electrons. The van der Waals surface area contributed by atoms with Crippen LogP contribution in [0.1, 0.15) is 19.8 Å². The smallest absolute Gasteiger partial charge is 0.308 e. The average molecular weight is 354 g/mol. The lowest BCUT2D eigenvalue weighted by Crippen LogP contribution is -2.33. The maximum atomic E-state index is 12.8. The molecule has 8 heteroatoms. The fourth-order valence-corrected chi connectivity index (χ4v) is 3.00. The minimum absolute atomic E-state index is 0.0381. The predicted octanol–water partition coefficient (Wildman–Crippen LogP) is 2.64. The van der Waals surface area contributed by atoms with Crippen LogP contribution in [0.25, 0.3) is 0 Å². The van der Waals surface area contributed by atoms with E-state index in [-0.39, 0.29) is 11.7 Å². The molecule has 0 bridgehead atoms. The van der Waals surface area contributed by atoms with Gasteiger partial charge in [-0.25, -0.2) is 4.39 Å². The maximum Gasteiger partial charge on any atom is 0.308 e. The summed E-state index contributed by atoms with van der Waals surface area (Å²) in [6, 6.07) is 5.32. The van der Waals surface area contributed by atoms with Crippen molar-refractivity contribution in [2.45, 2.75) is 25.9 Å². The van der Waals surface area contributed by atoms with Gasteiger partial charge in [0.15, 0.2) is 6.10 Å². The van der Waals surface area contributed by atoms with Gasteiger partial charge in [0.25, 0.3) is 11.1 Å². The Kier molecular flexibility index (Phi) is 6.60. The molecule has 0 aromatic heterocycles. The van der Waals surface area contributed by atoms with Gasteiger partial charge in [0, 0.05) is 24.5 Å². The SMILES string of the molecule is CC[C@H](OC(=O)CCN1CCSC1=O)C(=O)Nc1ccc(F)cc1. The summed E-state index contributed by atoms with van der Waals surface area (Å²) in [6.45, 7) is 2.64. The maximum absolute atomic E-state index is 12.8. The van der Waals surface area contributed by atoms with Crippen LogP contribution in [-0.2, 0) is 14.3 Å². The second kappa shape index (κ2) is 8.68. The first-order chi connectivity index (χ1) is 11.5. The van der Waals surface area contributed by atoms with Crippen LogP contribution < -0.4 is 5.32 Å². The Bertz CT molecular complexity index is 609. The molecule has 1 aromatic rings. The van der Waals surface area contributed by atoms with Crippen molar-refractivity contribution in [3.63, 3.8) is 0 Å². The van der Waals surface area contributed by atoms with Gasteiger partial charge in [0.1, 0.15) is 5.82 Å². The van der Waals surface area contributed by atoms with Crippen LogP contribution in [0, 0.1) is 5.82 Å². The molecule has 1 atom stereocenters. The highest BCUT2D eigenvalue weighted by Gasteiger charge is 2.24. The van der Waals surface area contributed by atoms with Crippen molar-refractivity contribution >= 4 is 34.6 Å². The molecule has 1 N–H and O–H groups in total. The fraction of sp³-hybridized carbons (Fsp3) is 0.438. The number of rotatable bonds is 7. The molecule has 0 radical (unpaired) electrons. The van der Waals surface area contributed by atoms with Crippen molar-refractivity contribution < 1.29 is 23.5 Å². The summed E-state index contributed by atoms with van der Waals surface area (Å²) < 4.78 is 18.0. The van der Waals surface area contributed by atoms with Crippen molar-refractivity contribution in [1.29, 1.82) is 0 Å². The third-order valence-corrected chi connectivity index (χ3v) is 4.37. The Labute approximate surface area is 143 Å². The Balaban J connectivity index is 1.81. The van der Waals surface area contributed by atoms with Crippen molar-refractivity contribution in [2.75, 3.05) is 24.2 Å². The summed E-state index contributed by atoms with van der Waals surface area (Å²) in [6.07, 6.45) is -0.560. The molecule has 1 aromatic carbocycles. The molecule has 0 saturated carbocycles. The van der Waals surface area contributed by atoms with Gasteiger partial charge in [0.05, 0.1) is 6.42 Å². The lowest BCUT2D eigenvalue weighted by atomic mass is 10.2. The van der Waals surface area contributed by atoms with Crippen LogP contribution in [0.5, 0.6) is 0 Å². The number of anilines is 1. The normalized spacial score (nSPS) is 15.2. The molecule has 1 aliphatic heterocycles. The summed E-state index contributed by atoms with van der Waals surface area (Å²) in [5.41, 5.74) is 0.426. The zero-order valence-electron chi connectivity index (χ0n) is 13.3. The van der Waals surface area contributed by atoms with Crippen molar-refractivity contribution in [1.82, 2.24) is 4.90 Å². The van der Waals surface area contributed by atoms with Gasteiger partial charge >= 0.3 is 5.97 Å². The van der Waals surface area contributed by atoms with Crippen molar-refractivity contribution in [2.24, 2.45) is 0 Å². The first kappa shape index (κ1) is 18.3. The number of benzene rings is 1. The number of halogens is 1. The fourth-order valence-electron chi connectivity index (χ4n) is 2.15. The quantitative estimate of drug-likeness (QED) is 0.762. The van der Waals surface area contributed by atoms with E-state index in [1.807, 2.05) is 0 Å². The summed E-state index contributed by atoms with van der Waals surface area (Å²) in [5.74, 6) is -0.668. The van der Waals surface area contributed by atoms with Crippen LogP contribution in [0.3, 0.4) is 0 Å². The minimum Gasteiger partial charge on any atom is -0.452 e. The molecule has 0 spiro atoms. The number of amides is 2. The van der Waals surface area contributed by atoms with E-state index < -0.39 is 23.8 Å². The lowest BCUT2D eigenvalue weighted by molar-refractivity contribution is -0.154. The van der Waals surface area contributed by atoms with Gasteiger partial charge in [0.2, 0.25) is 0 Å². The number of esters is 1. The van der Waals surface area contributed by atoms with E-state index in [9.17, 15) is 18.8 Å². The highest BCUT2D eigenvalue weighted by molar-refractivity contribution is 8.13. The standard InChI is InChI=1S/C16H19FN2O4S/c1-2-13(15(21)18-12-5-3-11(17)4-6-12)23-14(20)7-8-19-9-10-24-16(19)22/h3-6,13H,2,7-10H2,1H3,(H,18,21)/t13-/m0/s1. The van der Waals surface area contributed by atoms with Gasteiger partial charge in [-0.2, -0.15) is 0 Å². The van der Waals surface area contributed by atoms with Crippen molar-refractivity contribution in [3.05, 3.63) is 30.1 Å². The van der Waals surface area contributed by atoms with E-state index >= 15 is 0 Å². The second-order valence-electron chi connectivity index (χ2n) is 5.23. The van der Waals surface area contributed by atoms with E-state index in [0.29, 0.717) is 25.2 Å². The number of carbonyl (C=O) groups excluding carboxylic acids is 3. The second-order valence-corrected chi connectivity index (χ2v) is 6.28. The Morgan fingerprint density at radius 1 is 1.38 bits per heavy atom. The van der Waals surface area contributed by atoms with Gasteiger partial charge in [-0.1, -0.05) is 18.7 Å². The number of ether oxygens (including phenoxy) is 1. The number of nitrogens with one attached hydrogen (secondary N) is 1. The molecule has 0 unspecified atom stereocenters. The van der Waals surface area contributed by atoms with Crippen LogP contribution >= 0.6 is 11.8 Å². The Morgan fingerprint density at radius 2 is 2.08 bits per heavy atom. The highest BCUT2D eigenvalue weighted by atomic mass is 32.2. The highest BCUT2D eigenvalue weighted by Crippen LogP contribution is 2.17. The summed E-state index contributed by atoms with van der Waals surface area (Å²) >= 11 is 1.23. The van der Waals surface area contributed by atoms with E-state index in [4.69, 9.17) is 4.74 Å². The molecule has 6 nitrogen and oxygen atoms in total. The zero-order valence-corrected chi connectivity index (χ0v) is 14.1. The lowest BCUT2D eigenvalue weighted by Gasteiger charge is -2.18. The molecule has 1 heterocycles. The molecule has 2 amide bonds. The van der Waals surface area contributed by atoms with E-state index in [0.717, 1.165) is 5.75 Å². The number of thioether (sulfide) groups is 1. The topological polar surface area (TPSA) is 75.7 Å². The Morgan fingerprint density at radius 3 is 2.67 bits per heavy atom. The number of carbonyl (C=O) groups is 3. The van der Waals surface area contributed by atoms with E-state index in [2.05, 4.69) is 5.32 Å². The third kappa shape index (κ3) is 5.23.